The number of fused-ring (bicyclic) bond motifs is 1. The second-order valence-electron chi connectivity index (χ2n) is 5.92. The molecule has 3 rings (SSSR count). The minimum atomic E-state index is -0.326. The van der Waals surface area contributed by atoms with Gasteiger partial charge in [-0.15, -0.1) is 0 Å². The van der Waals surface area contributed by atoms with E-state index in [2.05, 4.69) is 5.32 Å². The molecule has 2 aromatic carbocycles. The highest BCUT2D eigenvalue weighted by Gasteiger charge is 2.28. The van der Waals surface area contributed by atoms with E-state index >= 15 is 0 Å². The normalized spacial score (nSPS) is 13.0. The number of anilines is 2. The fourth-order valence-electron chi connectivity index (χ4n) is 2.66. The van der Waals surface area contributed by atoms with Gasteiger partial charge in [-0.3, -0.25) is 19.3 Å². The number of ether oxygens (including phenoxy) is 1. The van der Waals surface area contributed by atoms with Crippen molar-refractivity contribution in [3.8, 4) is 5.75 Å². The van der Waals surface area contributed by atoms with Gasteiger partial charge in [-0.25, -0.2) is 0 Å². The Morgan fingerprint density at radius 3 is 2.72 bits per heavy atom. The molecule has 2 aromatic rings. The first-order chi connectivity index (χ1) is 11.9. The van der Waals surface area contributed by atoms with Gasteiger partial charge < -0.3 is 10.1 Å². The predicted octanol–water partition coefficient (Wildman–Crippen LogP) is 2.56. The molecule has 6 nitrogen and oxygen atoms in total. The van der Waals surface area contributed by atoms with Crippen LogP contribution in [0.25, 0.3) is 0 Å². The van der Waals surface area contributed by atoms with Gasteiger partial charge in [0.05, 0.1) is 5.69 Å². The lowest BCUT2D eigenvalue weighted by molar-refractivity contribution is -0.123. The second kappa shape index (κ2) is 6.76. The van der Waals surface area contributed by atoms with Gasteiger partial charge in [0, 0.05) is 11.3 Å². The van der Waals surface area contributed by atoms with Crippen molar-refractivity contribution < 1.29 is 19.1 Å². The zero-order valence-corrected chi connectivity index (χ0v) is 14.0. The van der Waals surface area contributed by atoms with Crippen molar-refractivity contribution in [1.82, 2.24) is 0 Å². The Morgan fingerprint density at radius 2 is 2.00 bits per heavy atom. The molecule has 0 saturated heterocycles. The summed E-state index contributed by atoms with van der Waals surface area (Å²) in [5.41, 5.74) is 2.59. The number of benzene rings is 2. The van der Waals surface area contributed by atoms with Crippen molar-refractivity contribution in [3.63, 3.8) is 0 Å². The summed E-state index contributed by atoms with van der Waals surface area (Å²) in [5, 5.41) is 2.78. The Balaban J connectivity index is 1.82. The summed E-state index contributed by atoms with van der Waals surface area (Å²) < 4.78 is 5.38. The van der Waals surface area contributed by atoms with Crippen molar-refractivity contribution in [2.75, 3.05) is 23.4 Å². The number of ketones is 1. The number of carbonyl (C=O) groups excluding carboxylic acids is 3. The molecule has 128 valence electrons. The zero-order chi connectivity index (χ0) is 18.0. The van der Waals surface area contributed by atoms with E-state index in [1.807, 2.05) is 25.1 Å². The largest absolute Gasteiger partial charge is 0.482 e. The molecule has 0 aromatic heterocycles. The number of amides is 2. The summed E-state index contributed by atoms with van der Waals surface area (Å²) in [7, 11) is 0. The summed E-state index contributed by atoms with van der Waals surface area (Å²) in [4.78, 5) is 37.5. The Hall–Kier alpha value is -3.15. The molecule has 0 radical (unpaired) electrons. The van der Waals surface area contributed by atoms with E-state index in [1.165, 1.54) is 11.8 Å². The van der Waals surface area contributed by atoms with Crippen LogP contribution in [0, 0.1) is 6.92 Å². The summed E-state index contributed by atoms with van der Waals surface area (Å²) in [6, 6.07) is 12.3. The number of aryl methyl sites for hydroxylation is 1. The summed E-state index contributed by atoms with van der Waals surface area (Å²) in [5.74, 6) is -0.287. The molecule has 0 saturated carbocycles. The van der Waals surface area contributed by atoms with Gasteiger partial charge in [0.15, 0.2) is 12.4 Å². The number of carbonyl (C=O) groups is 3. The van der Waals surface area contributed by atoms with Gasteiger partial charge in [0.2, 0.25) is 5.91 Å². The van der Waals surface area contributed by atoms with E-state index in [1.54, 1.807) is 24.3 Å². The summed E-state index contributed by atoms with van der Waals surface area (Å²) in [6.07, 6.45) is 0. The van der Waals surface area contributed by atoms with Crippen LogP contribution in [0.5, 0.6) is 5.75 Å². The smallest absolute Gasteiger partial charge is 0.265 e. The maximum atomic E-state index is 12.4. The van der Waals surface area contributed by atoms with Gasteiger partial charge in [-0.2, -0.15) is 0 Å². The average Bonchev–Trinajstić information content (AvgIpc) is 2.57. The molecular weight excluding hydrogens is 320 g/mol. The highest BCUT2D eigenvalue weighted by atomic mass is 16.5. The van der Waals surface area contributed by atoms with Crippen molar-refractivity contribution in [2.24, 2.45) is 0 Å². The quantitative estimate of drug-likeness (QED) is 0.870. The third kappa shape index (κ3) is 3.68. The van der Waals surface area contributed by atoms with Gasteiger partial charge in [-0.1, -0.05) is 12.1 Å². The van der Waals surface area contributed by atoms with Crippen LogP contribution in [0.3, 0.4) is 0 Å². The van der Waals surface area contributed by atoms with Crippen molar-refractivity contribution >= 4 is 29.0 Å². The van der Waals surface area contributed by atoms with Gasteiger partial charge in [0.1, 0.15) is 12.3 Å². The summed E-state index contributed by atoms with van der Waals surface area (Å²) >= 11 is 0. The van der Waals surface area contributed by atoms with Crippen LogP contribution in [-0.2, 0) is 9.59 Å². The highest BCUT2D eigenvalue weighted by molar-refractivity contribution is 6.06. The Labute approximate surface area is 145 Å². The molecule has 1 aliphatic rings. The Morgan fingerprint density at radius 1 is 1.20 bits per heavy atom. The average molecular weight is 338 g/mol. The van der Waals surface area contributed by atoms with Crippen molar-refractivity contribution in [2.45, 2.75) is 13.8 Å². The molecule has 1 N–H and O–H groups in total. The third-order valence-corrected chi connectivity index (χ3v) is 3.91. The molecule has 2 amide bonds. The zero-order valence-electron chi connectivity index (χ0n) is 14.0. The number of nitrogens with one attached hydrogen (secondary N) is 1. The van der Waals surface area contributed by atoms with E-state index < -0.39 is 0 Å². The molecular formula is C19H18N2O4. The molecule has 1 heterocycles. The van der Waals surface area contributed by atoms with Crippen LogP contribution in [0.4, 0.5) is 11.4 Å². The first-order valence-corrected chi connectivity index (χ1v) is 7.89. The van der Waals surface area contributed by atoms with Crippen LogP contribution >= 0.6 is 0 Å². The van der Waals surface area contributed by atoms with Crippen LogP contribution in [0.2, 0.25) is 0 Å². The fraction of sp³-hybridized carbons (Fsp3) is 0.211. The number of Topliss-reactive ketones (excluding diaryl/α,β-unsaturated/α-hetero) is 1. The van der Waals surface area contributed by atoms with Crippen LogP contribution in [0.1, 0.15) is 22.8 Å². The van der Waals surface area contributed by atoms with Gasteiger partial charge >= 0.3 is 0 Å². The lowest BCUT2D eigenvalue weighted by Crippen LogP contribution is -2.43. The van der Waals surface area contributed by atoms with E-state index in [0.717, 1.165) is 5.56 Å². The first-order valence-electron chi connectivity index (χ1n) is 7.89. The monoisotopic (exact) mass is 338 g/mol. The number of rotatable bonds is 4. The van der Waals surface area contributed by atoms with Crippen LogP contribution < -0.4 is 15.0 Å². The van der Waals surface area contributed by atoms with E-state index in [9.17, 15) is 14.4 Å². The van der Waals surface area contributed by atoms with E-state index in [-0.39, 0.29) is 30.7 Å². The predicted molar refractivity (Wildman–Crippen MR) is 94.1 cm³/mol. The van der Waals surface area contributed by atoms with Crippen LogP contribution in [0.15, 0.2) is 42.5 Å². The second-order valence-corrected chi connectivity index (χ2v) is 5.92. The molecule has 0 fully saturated rings. The lowest BCUT2D eigenvalue weighted by atomic mass is 10.1. The molecule has 0 bridgehead atoms. The van der Waals surface area contributed by atoms with E-state index in [4.69, 9.17) is 4.74 Å². The third-order valence-electron chi connectivity index (χ3n) is 3.91. The number of hydrogen-bond acceptors (Lipinski definition) is 4. The van der Waals surface area contributed by atoms with Crippen LogP contribution in [-0.4, -0.2) is 30.7 Å². The molecule has 0 atom stereocenters. The van der Waals surface area contributed by atoms with E-state index in [0.29, 0.717) is 22.7 Å². The topological polar surface area (TPSA) is 75.7 Å². The molecule has 25 heavy (non-hydrogen) atoms. The molecule has 0 spiro atoms. The molecule has 6 heteroatoms. The molecule has 0 unspecified atom stereocenters. The van der Waals surface area contributed by atoms with Crippen molar-refractivity contribution in [3.05, 3.63) is 53.6 Å². The minimum absolute atomic E-state index is 0.120. The fourth-order valence-corrected chi connectivity index (χ4v) is 2.66. The minimum Gasteiger partial charge on any atom is -0.482 e. The molecule has 1 aliphatic heterocycles. The maximum absolute atomic E-state index is 12.4. The van der Waals surface area contributed by atoms with Gasteiger partial charge in [0.25, 0.3) is 5.91 Å². The standard InChI is InChI=1S/C19H18N2O4/c1-12-4-3-5-15(8-12)20-18(23)10-21-16-9-14(13(2)22)6-7-17(16)25-11-19(21)24/h3-9H,10-11H2,1-2H3,(H,20,23). The number of hydrogen-bond donors (Lipinski definition) is 1. The highest BCUT2D eigenvalue weighted by Crippen LogP contribution is 2.33. The first kappa shape index (κ1) is 16.7. The Bertz CT molecular complexity index is 860. The molecule has 0 aliphatic carbocycles. The van der Waals surface area contributed by atoms with Gasteiger partial charge in [-0.05, 0) is 49.7 Å². The number of nitrogens with zero attached hydrogens (tertiary/aromatic N) is 1. The SMILES string of the molecule is CC(=O)c1ccc2c(c1)N(CC(=O)Nc1cccc(C)c1)C(=O)CO2. The lowest BCUT2D eigenvalue weighted by Gasteiger charge is -2.29. The Kier molecular flexibility index (Phi) is 4.52. The maximum Gasteiger partial charge on any atom is 0.265 e. The van der Waals surface area contributed by atoms with Crippen molar-refractivity contribution in [1.29, 1.82) is 0 Å². The summed E-state index contributed by atoms with van der Waals surface area (Å²) in [6.45, 7) is 3.09.